The Bertz CT molecular complexity index is 376. The minimum Gasteiger partial charge on any atom is -0.385 e. The molecule has 4 nitrogen and oxygen atoms in total. The summed E-state index contributed by atoms with van der Waals surface area (Å²) < 4.78 is 0. The summed E-state index contributed by atoms with van der Waals surface area (Å²) in [5.74, 6) is -0.373. The number of carbonyl (C=O) groups excluding carboxylic acids is 2. The zero-order valence-electron chi connectivity index (χ0n) is 9.85. The molecular weight excluding hydrogens is 218 g/mol. The van der Waals surface area contributed by atoms with Crippen LogP contribution in [-0.4, -0.2) is 29.4 Å². The third-order valence-electron chi connectivity index (χ3n) is 2.39. The number of carbonyl (C=O) groups is 2. The lowest BCUT2D eigenvalue weighted by Gasteiger charge is -2.09. The van der Waals surface area contributed by atoms with E-state index >= 15 is 0 Å². The van der Waals surface area contributed by atoms with Crippen LogP contribution >= 0.6 is 0 Å². The summed E-state index contributed by atoms with van der Waals surface area (Å²) in [6.07, 6.45) is -0.0565. The van der Waals surface area contributed by atoms with Crippen LogP contribution in [0.15, 0.2) is 30.3 Å². The number of amides is 1. The van der Waals surface area contributed by atoms with Gasteiger partial charge in [0.25, 0.3) is 0 Å². The molecule has 1 unspecified atom stereocenters. The van der Waals surface area contributed by atoms with Crippen molar-refractivity contribution in [3.63, 3.8) is 0 Å². The molecule has 0 heterocycles. The molecule has 0 bridgehead atoms. The highest BCUT2D eigenvalue weighted by molar-refractivity contribution is 5.99. The van der Waals surface area contributed by atoms with Gasteiger partial charge >= 0.3 is 0 Å². The van der Waals surface area contributed by atoms with Crippen molar-refractivity contribution >= 4 is 11.7 Å². The third kappa shape index (κ3) is 4.78. The number of hydrogen-bond donors (Lipinski definition) is 2. The number of Topliss-reactive ketones (excluding diaryl/α,β-unsaturated/α-hetero) is 1. The highest BCUT2D eigenvalue weighted by Crippen LogP contribution is 2.07. The Hall–Kier alpha value is -1.68. The standard InChI is InChI=1S/C13H17NO3/c1-10(15)14-9-5-8-12(16)13(17)11-6-3-2-4-7-11/h2-4,6-7,12,16H,5,8-9H2,1H3,(H,14,15). The van der Waals surface area contributed by atoms with Gasteiger partial charge in [-0.05, 0) is 12.8 Å². The lowest BCUT2D eigenvalue weighted by molar-refractivity contribution is -0.118. The Morgan fingerprint density at radius 2 is 1.94 bits per heavy atom. The second-order valence-corrected chi connectivity index (χ2v) is 3.87. The smallest absolute Gasteiger partial charge is 0.216 e. The van der Waals surface area contributed by atoms with Crippen LogP contribution in [0, 0.1) is 0 Å². The van der Waals surface area contributed by atoms with Crippen LogP contribution in [0.2, 0.25) is 0 Å². The first-order chi connectivity index (χ1) is 8.11. The maximum Gasteiger partial charge on any atom is 0.216 e. The molecular formula is C13H17NO3. The molecule has 1 amide bonds. The topological polar surface area (TPSA) is 66.4 Å². The quantitative estimate of drug-likeness (QED) is 0.574. The van der Waals surface area contributed by atoms with E-state index in [9.17, 15) is 14.7 Å². The van der Waals surface area contributed by atoms with Gasteiger partial charge in [0.1, 0.15) is 6.10 Å². The molecule has 0 fully saturated rings. The molecule has 0 aromatic heterocycles. The average molecular weight is 235 g/mol. The van der Waals surface area contributed by atoms with Crippen LogP contribution in [0.4, 0.5) is 0 Å². The fourth-order valence-corrected chi connectivity index (χ4v) is 1.49. The fourth-order valence-electron chi connectivity index (χ4n) is 1.49. The largest absolute Gasteiger partial charge is 0.385 e. The van der Waals surface area contributed by atoms with E-state index in [4.69, 9.17) is 0 Å². The predicted octanol–water partition coefficient (Wildman–Crippen LogP) is 1.15. The summed E-state index contributed by atoms with van der Waals surface area (Å²) in [6, 6.07) is 8.70. The van der Waals surface area contributed by atoms with Crippen molar-refractivity contribution in [2.75, 3.05) is 6.54 Å². The molecule has 0 radical (unpaired) electrons. The molecule has 0 spiro atoms. The molecule has 92 valence electrons. The minimum atomic E-state index is -0.994. The van der Waals surface area contributed by atoms with Crippen LogP contribution in [0.25, 0.3) is 0 Å². The van der Waals surface area contributed by atoms with Crippen LogP contribution < -0.4 is 5.32 Å². The summed E-state index contributed by atoms with van der Waals surface area (Å²) in [7, 11) is 0. The molecule has 0 saturated carbocycles. The van der Waals surface area contributed by atoms with Gasteiger partial charge in [0.05, 0.1) is 0 Å². The van der Waals surface area contributed by atoms with Crippen molar-refractivity contribution in [1.82, 2.24) is 5.32 Å². The number of hydrogen-bond acceptors (Lipinski definition) is 3. The molecule has 1 aromatic rings. The highest BCUT2D eigenvalue weighted by atomic mass is 16.3. The van der Waals surface area contributed by atoms with Gasteiger partial charge in [-0.15, -0.1) is 0 Å². The molecule has 2 N–H and O–H groups in total. The van der Waals surface area contributed by atoms with Gasteiger partial charge in [-0.25, -0.2) is 0 Å². The van der Waals surface area contributed by atoms with Crippen LogP contribution in [-0.2, 0) is 4.79 Å². The van der Waals surface area contributed by atoms with Crippen LogP contribution in [0.5, 0.6) is 0 Å². The number of rotatable bonds is 6. The number of aliphatic hydroxyl groups is 1. The Labute approximate surface area is 101 Å². The zero-order valence-corrected chi connectivity index (χ0v) is 9.85. The second kappa shape index (κ2) is 6.81. The molecule has 0 saturated heterocycles. The summed E-state index contributed by atoms with van der Waals surface area (Å²) in [5.41, 5.74) is 0.513. The van der Waals surface area contributed by atoms with E-state index in [1.54, 1.807) is 24.3 Å². The van der Waals surface area contributed by atoms with Gasteiger partial charge in [-0.2, -0.15) is 0 Å². The van der Waals surface area contributed by atoms with Crippen molar-refractivity contribution < 1.29 is 14.7 Å². The summed E-state index contributed by atoms with van der Waals surface area (Å²) in [6.45, 7) is 1.92. The highest BCUT2D eigenvalue weighted by Gasteiger charge is 2.15. The van der Waals surface area contributed by atoms with Gasteiger partial charge in [0.15, 0.2) is 5.78 Å². The second-order valence-electron chi connectivity index (χ2n) is 3.87. The number of aliphatic hydroxyl groups excluding tert-OH is 1. The lowest BCUT2D eigenvalue weighted by atomic mass is 10.0. The van der Waals surface area contributed by atoms with Crippen molar-refractivity contribution in [3.8, 4) is 0 Å². The van der Waals surface area contributed by atoms with Crippen molar-refractivity contribution in [3.05, 3.63) is 35.9 Å². The molecule has 0 aliphatic rings. The van der Waals surface area contributed by atoms with Gasteiger partial charge < -0.3 is 10.4 Å². The van der Waals surface area contributed by atoms with Crippen LogP contribution in [0.3, 0.4) is 0 Å². The van der Waals surface area contributed by atoms with E-state index in [1.807, 2.05) is 6.07 Å². The number of ketones is 1. The molecule has 17 heavy (non-hydrogen) atoms. The third-order valence-corrected chi connectivity index (χ3v) is 2.39. The predicted molar refractivity (Wildman–Crippen MR) is 64.7 cm³/mol. The van der Waals surface area contributed by atoms with E-state index in [0.717, 1.165) is 0 Å². The summed E-state index contributed by atoms with van der Waals surface area (Å²) in [5, 5.41) is 12.3. The molecule has 0 aliphatic heterocycles. The first kappa shape index (κ1) is 13.4. The van der Waals surface area contributed by atoms with Crippen molar-refractivity contribution in [1.29, 1.82) is 0 Å². The normalized spacial score (nSPS) is 11.9. The Morgan fingerprint density at radius 1 is 1.29 bits per heavy atom. The van der Waals surface area contributed by atoms with Crippen LogP contribution in [0.1, 0.15) is 30.1 Å². The Morgan fingerprint density at radius 3 is 2.53 bits per heavy atom. The Balaban J connectivity index is 2.35. The van der Waals surface area contributed by atoms with Crippen molar-refractivity contribution in [2.24, 2.45) is 0 Å². The van der Waals surface area contributed by atoms with Gasteiger partial charge in [-0.3, -0.25) is 9.59 Å². The van der Waals surface area contributed by atoms with E-state index in [0.29, 0.717) is 24.9 Å². The van der Waals surface area contributed by atoms with Gasteiger partial charge in [0, 0.05) is 19.0 Å². The molecule has 0 aliphatic carbocycles. The first-order valence-corrected chi connectivity index (χ1v) is 5.63. The van der Waals surface area contributed by atoms with E-state index in [1.165, 1.54) is 6.92 Å². The van der Waals surface area contributed by atoms with E-state index in [-0.39, 0.29) is 11.7 Å². The molecule has 1 atom stereocenters. The molecule has 1 rings (SSSR count). The maximum absolute atomic E-state index is 11.7. The zero-order chi connectivity index (χ0) is 12.7. The number of nitrogens with one attached hydrogen (secondary N) is 1. The molecule has 4 heteroatoms. The van der Waals surface area contributed by atoms with E-state index in [2.05, 4.69) is 5.32 Å². The summed E-state index contributed by atoms with van der Waals surface area (Å²) >= 11 is 0. The minimum absolute atomic E-state index is 0.103. The fraction of sp³-hybridized carbons (Fsp3) is 0.385. The monoisotopic (exact) mass is 235 g/mol. The van der Waals surface area contributed by atoms with Crippen molar-refractivity contribution in [2.45, 2.75) is 25.9 Å². The lowest BCUT2D eigenvalue weighted by Crippen LogP contribution is -2.25. The SMILES string of the molecule is CC(=O)NCCCC(O)C(=O)c1ccccc1. The van der Waals surface area contributed by atoms with Gasteiger partial charge in [-0.1, -0.05) is 30.3 Å². The van der Waals surface area contributed by atoms with Gasteiger partial charge in [0.2, 0.25) is 5.91 Å². The summed E-state index contributed by atoms with van der Waals surface area (Å²) in [4.78, 5) is 22.3. The first-order valence-electron chi connectivity index (χ1n) is 5.63. The van der Waals surface area contributed by atoms with E-state index < -0.39 is 6.10 Å². The maximum atomic E-state index is 11.7. The number of benzene rings is 1. The Kier molecular flexibility index (Phi) is 5.36. The molecule has 1 aromatic carbocycles. The average Bonchev–Trinajstić information content (AvgIpc) is 2.34.